The topological polar surface area (TPSA) is 89.5 Å². The Morgan fingerprint density at radius 1 is 0.800 bits per heavy atom. The molecule has 4 atom stereocenters. The average molecular weight is 549 g/mol. The van der Waals surface area contributed by atoms with E-state index in [0.717, 1.165) is 16.7 Å². The molecule has 8 heteroatoms. The molecule has 3 aromatic rings. The van der Waals surface area contributed by atoms with E-state index in [0.29, 0.717) is 13.2 Å². The molecule has 0 unspecified atom stereocenters. The lowest BCUT2D eigenvalue weighted by atomic mass is 9.94. The molecule has 0 aromatic heterocycles. The molecular formula is C32H36O8. The summed E-state index contributed by atoms with van der Waals surface area (Å²) < 4.78 is 36.1. The molecule has 0 radical (unpaired) electrons. The van der Waals surface area contributed by atoms with Gasteiger partial charge in [0.05, 0.1) is 39.6 Å². The Morgan fingerprint density at radius 2 is 1.32 bits per heavy atom. The quantitative estimate of drug-likeness (QED) is 0.269. The summed E-state index contributed by atoms with van der Waals surface area (Å²) in [5, 5.41) is 0. The SMILES string of the molecule is COC(=O)[C@@]1(OCC(C)=O)C[C@@H](OCc2ccccc2)[C@H](OCc2ccccc2)[C@@H](COCc2ccccc2)O1. The molecule has 0 amide bonds. The van der Waals surface area contributed by atoms with E-state index in [4.69, 9.17) is 28.4 Å². The maximum absolute atomic E-state index is 13.1. The fourth-order valence-corrected chi connectivity index (χ4v) is 4.55. The molecule has 0 spiro atoms. The molecule has 0 aliphatic carbocycles. The largest absolute Gasteiger partial charge is 0.465 e. The first-order valence-electron chi connectivity index (χ1n) is 13.3. The van der Waals surface area contributed by atoms with Crippen molar-refractivity contribution < 1.29 is 38.0 Å². The van der Waals surface area contributed by atoms with Crippen LogP contribution in [0.2, 0.25) is 0 Å². The number of hydrogen-bond donors (Lipinski definition) is 0. The lowest BCUT2D eigenvalue weighted by Crippen LogP contribution is -2.62. The number of rotatable bonds is 14. The highest BCUT2D eigenvalue weighted by Gasteiger charge is 2.55. The van der Waals surface area contributed by atoms with Gasteiger partial charge in [0.15, 0.2) is 5.78 Å². The van der Waals surface area contributed by atoms with Crippen LogP contribution in [0, 0.1) is 0 Å². The van der Waals surface area contributed by atoms with Crippen LogP contribution in [0.15, 0.2) is 91.0 Å². The van der Waals surface area contributed by atoms with Crippen molar-refractivity contribution in [2.75, 3.05) is 20.3 Å². The zero-order valence-corrected chi connectivity index (χ0v) is 22.9. The minimum atomic E-state index is -1.87. The normalized spacial score (nSPS) is 22.5. The van der Waals surface area contributed by atoms with Gasteiger partial charge in [0.1, 0.15) is 18.8 Å². The first-order valence-corrected chi connectivity index (χ1v) is 13.3. The summed E-state index contributed by atoms with van der Waals surface area (Å²) in [6.07, 6.45) is -2.06. The molecule has 1 heterocycles. The molecule has 8 nitrogen and oxygen atoms in total. The van der Waals surface area contributed by atoms with Crippen LogP contribution in [0.25, 0.3) is 0 Å². The summed E-state index contributed by atoms with van der Waals surface area (Å²) >= 11 is 0. The number of hydrogen-bond acceptors (Lipinski definition) is 8. The zero-order valence-electron chi connectivity index (χ0n) is 22.9. The summed E-state index contributed by atoms with van der Waals surface area (Å²) in [6, 6.07) is 29.2. The first-order chi connectivity index (χ1) is 19.5. The van der Waals surface area contributed by atoms with E-state index in [1.807, 2.05) is 91.0 Å². The Hall–Kier alpha value is -3.40. The van der Waals surface area contributed by atoms with Crippen LogP contribution in [-0.4, -0.2) is 56.2 Å². The third-order valence-corrected chi connectivity index (χ3v) is 6.54. The summed E-state index contributed by atoms with van der Waals surface area (Å²) in [7, 11) is 1.25. The Kier molecular flexibility index (Phi) is 11.0. The van der Waals surface area contributed by atoms with Gasteiger partial charge in [-0.15, -0.1) is 0 Å². The highest BCUT2D eigenvalue weighted by atomic mass is 16.7. The van der Waals surface area contributed by atoms with Crippen LogP contribution in [-0.2, 0) is 57.8 Å². The fraction of sp³-hybridized carbons (Fsp3) is 0.375. The Labute approximate surface area is 235 Å². The second-order valence-electron chi connectivity index (χ2n) is 9.69. The van der Waals surface area contributed by atoms with Crippen LogP contribution in [0.1, 0.15) is 30.0 Å². The summed E-state index contributed by atoms with van der Waals surface area (Å²) in [6.45, 7) is 2.05. The third-order valence-electron chi connectivity index (χ3n) is 6.54. The van der Waals surface area contributed by atoms with Crippen LogP contribution in [0.5, 0.6) is 0 Å². The molecular weight excluding hydrogens is 512 g/mol. The predicted molar refractivity (Wildman–Crippen MR) is 147 cm³/mol. The molecule has 1 fully saturated rings. The maximum atomic E-state index is 13.1. The van der Waals surface area contributed by atoms with Crippen molar-refractivity contribution in [1.29, 1.82) is 0 Å². The lowest BCUT2D eigenvalue weighted by Gasteiger charge is -2.46. The molecule has 1 saturated heterocycles. The predicted octanol–water partition coefficient (Wildman–Crippen LogP) is 4.64. The molecule has 212 valence electrons. The van der Waals surface area contributed by atoms with E-state index in [1.165, 1.54) is 14.0 Å². The Bertz CT molecular complexity index is 1190. The first kappa shape index (κ1) is 29.6. The highest BCUT2D eigenvalue weighted by molar-refractivity contribution is 5.80. The molecule has 40 heavy (non-hydrogen) atoms. The average Bonchev–Trinajstić information content (AvgIpc) is 2.99. The number of esters is 1. The maximum Gasteiger partial charge on any atom is 0.366 e. The van der Waals surface area contributed by atoms with Crippen molar-refractivity contribution in [2.45, 2.75) is 57.3 Å². The fourth-order valence-electron chi connectivity index (χ4n) is 4.55. The number of benzene rings is 3. The summed E-state index contributed by atoms with van der Waals surface area (Å²) in [4.78, 5) is 25.0. The van der Waals surface area contributed by atoms with Gasteiger partial charge in [-0.1, -0.05) is 91.0 Å². The monoisotopic (exact) mass is 548 g/mol. The number of methoxy groups -OCH3 is 1. The van der Waals surface area contributed by atoms with Gasteiger partial charge in [-0.25, -0.2) is 4.79 Å². The van der Waals surface area contributed by atoms with Crippen LogP contribution in [0.4, 0.5) is 0 Å². The molecule has 0 saturated carbocycles. The molecule has 1 aliphatic rings. The lowest BCUT2D eigenvalue weighted by molar-refractivity contribution is -0.325. The van der Waals surface area contributed by atoms with Gasteiger partial charge in [-0.05, 0) is 23.6 Å². The Morgan fingerprint density at radius 3 is 1.85 bits per heavy atom. The summed E-state index contributed by atoms with van der Waals surface area (Å²) in [5.41, 5.74) is 2.93. The van der Waals surface area contributed by atoms with E-state index >= 15 is 0 Å². The molecule has 0 bridgehead atoms. The van der Waals surface area contributed by atoms with Crippen molar-refractivity contribution in [2.24, 2.45) is 0 Å². The van der Waals surface area contributed by atoms with E-state index in [9.17, 15) is 9.59 Å². The van der Waals surface area contributed by atoms with Crippen LogP contribution < -0.4 is 0 Å². The van der Waals surface area contributed by atoms with Crippen molar-refractivity contribution in [3.05, 3.63) is 108 Å². The number of ether oxygens (including phenoxy) is 6. The number of carbonyl (C=O) groups is 2. The van der Waals surface area contributed by atoms with E-state index in [-0.39, 0.29) is 32.0 Å². The van der Waals surface area contributed by atoms with Gasteiger partial charge in [0.2, 0.25) is 0 Å². The molecule has 1 aliphatic heterocycles. The van der Waals surface area contributed by atoms with Crippen molar-refractivity contribution in [3.8, 4) is 0 Å². The Balaban J connectivity index is 1.61. The summed E-state index contributed by atoms with van der Waals surface area (Å²) in [5.74, 6) is -2.88. The minimum Gasteiger partial charge on any atom is -0.465 e. The number of carbonyl (C=O) groups excluding carboxylic acids is 2. The molecule has 4 rings (SSSR count). The van der Waals surface area contributed by atoms with Crippen molar-refractivity contribution in [3.63, 3.8) is 0 Å². The number of Topliss-reactive ketones (excluding diaryl/α,β-unsaturated/α-hetero) is 1. The second kappa shape index (κ2) is 14.8. The van der Waals surface area contributed by atoms with Crippen molar-refractivity contribution >= 4 is 11.8 Å². The van der Waals surface area contributed by atoms with Gasteiger partial charge in [-0.2, -0.15) is 0 Å². The number of ketones is 1. The zero-order chi connectivity index (χ0) is 28.2. The van der Waals surface area contributed by atoms with Crippen LogP contribution in [0.3, 0.4) is 0 Å². The van der Waals surface area contributed by atoms with Gasteiger partial charge in [0.25, 0.3) is 5.79 Å². The van der Waals surface area contributed by atoms with E-state index in [1.54, 1.807) is 0 Å². The standard InChI is InChI=1S/C32H36O8/c1-24(33)19-39-32(31(34)35-2)18-28(37-21-26-14-8-4-9-15-26)30(38-22-27-16-10-5-11-17-27)29(40-32)23-36-20-25-12-6-3-7-13-25/h3-17,28-30H,18-23H2,1-2H3/t28-,29-,30+,32-/m1/s1. The van der Waals surface area contributed by atoms with E-state index in [2.05, 4.69) is 0 Å². The van der Waals surface area contributed by atoms with Crippen LogP contribution >= 0.6 is 0 Å². The highest BCUT2D eigenvalue weighted by Crippen LogP contribution is 2.36. The second-order valence-corrected chi connectivity index (χ2v) is 9.69. The molecule has 3 aromatic carbocycles. The van der Waals surface area contributed by atoms with Crippen molar-refractivity contribution in [1.82, 2.24) is 0 Å². The smallest absolute Gasteiger partial charge is 0.366 e. The molecule has 0 N–H and O–H groups in total. The van der Waals surface area contributed by atoms with Gasteiger partial charge < -0.3 is 28.4 Å². The van der Waals surface area contributed by atoms with E-state index < -0.39 is 30.1 Å². The van der Waals surface area contributed by atoms with Gasteiger partial charge >= 0.3 is 5.97 Å². The minimum absolute atomic E-state index is 0.0333. The van der Waals surface area contributed by atoms with Gasteiger partial charge in [-0.3, -0.25) is 4.79 Å². The van der Waals surface area contributed by atoms with Gasteiger partial charge in [0, 0.05) is 6.42 Å². The third kappa shape index (κ3) is 8.30.